The predicted octanol–water partition coefficient (Wildman–Crippen LogP) is 1.81. The highest BCUT2D eigenvalue weighted by molar-refractivity contribution is 5.92. The molecular weight excluding hydrogens is 254 g/mol. The molecule has 2 N–H and O–H groups in total. The molecule has 5 heteroatoms. The van der Waals surface area contributed by atoms with Gasteiger partial charge < -0.3 is 15.0 Å². The fourth-order valence-corrected chi connectivity index (χ4v) is 2.91. The van der Waals surface area contributed by atoms with Gasteiger partial charge in [-0.1, -0.05) is 0 Å². The number of imidazole rings is 1. The molecular formula is C15H19N3O2. The third kappa shape index (κ3) is 2.41. The van der Waals surface area contributed by atoms with Crippen LogP contribution in [-0.2, 0) is 13.5 Å². The lowest BCUT2D eigenvalue weighted by atomic mass is 9.94. The van der Waals surface area contributed by atoms with Crippen LogP contribution in [0.3, 0.4) is 0 Å². The Kier molecular flexibility index (Phi) is 3.44. The molecule has 0 bridgehead atoms. The van der Waals surface area contributed by atoms with Crippen molar-refractivity contribution in [3.05, 3.63) is 29.6 Å². The summed E-state index contributed by atoms with van der Waals surface area (Å²) in [5.74, 6) is 0.817. The zero-order valence-corrected chi connectivity index (χ0v) is 11.6. The summed E-state index contributed by atoms with van der Waals surface area (Å²) in [5.41, 5.74) is 2.07. The highest BCUT2D eigenvalue weighted by atomic mass is 16.4. The van der Waals surface area contributed by atoms with E-state index in [-0.39, 0.29) is 0 Å². The van der Waals surface area contributed by atoms with Crippen molar-refractivity contribution in [2.75, 3.05) is 13.1 Å². The molecule has 1 saturated heterocycles. The summed E-state index contributed by atoms with van der Waals surface area (Å²) in [7, 11) is 2.01. The zero-order chi connectivity index (χ0) is 14.1. The van der Waals surface area contributed by atoms with Crippen LogP contribution < -0.4 is 5.32 Å². The average Bonchev–Trinajstić information content (AvgIpc) is 2.76. The maximum atomic E-state index is 11.0. The van der Waals surface area contributed by atoms with E-state index >= 15 is 0 Å². The van der Waals surface area contributed by atoms with Crippen LogP contribution in [0.5, 0.6) is 0 Å². The number of nitrogens with one attached hydrogen (secondary N) is 1. The predicted molar refractivity (Wildman–Crippen MR) is 77.0 cm³/mol. The molecule has 3 rings (SSSR count). The van der Waals surface area contributed by atoms with Crippen molar-refractivity contribution in [2.24, 2.45) is 13.0 Å². The second-order valence-corrected chi connectivity index (χ2v) is 5.49. The summed E-state index contributed by atoms with van der Waals surface area (Å²) < 4.78 is 2.09. The molecule has 1 aromatic heterocycles. The maximum Gasteiger partial charge on any atom is 0.335 e. The number of carboxylic acid groups (broad SMARTS) is 1. The van der Waals surface area contributed by atoms with Gasteiger partial charge in [-0.3, -0.25) is 0 Å². The highest BCUT2D eigenvalue weighted by Gasteiger charge is 2.17. The summed E-state index contributed by atoms with van der Waals surface area (Å²) in [4.78, 5) is 15.6. The normalized spacial score (nSPS) is 16.6. The van der Waals surface area contributed by atoms with Crippen LogP contribution in [0.4, 0.5) is 0 Å². The third-order valence-electron chi connectivity index (χ3n) is 4.15. The van der Waals surface area contributed by atoms with E-state index in [9.17, 15) is 4.79 Å². The molecule has 2 heterocycles. The molecule has 0 unspecified atom stereocenters. The van der Waals surface area contributed by atoms with Crippen molar-refractivity contribution < 1.29 is 9.90 Å². The van der Waals surface area contributed by atoms with Crippen molar-refractivity contribution in [3.8, 4) is 0 Å². The number of rotatable bonds is 3. The summed E-state index contributed by atoms with van der Waals surface area (Å²) in [6.45, 7) is 2.16. The lowest BCUT2D eigenvalue weighted by molar-refractivity contribution is 0.0697. The van der Waals surface area contributed by atoms with E-state index in [0.29, 0.717) is 11.5 Å². The van der Waals surface area contributed by atoms with E-state index in [1.54, 1.807) is 12.1 Å². The quantitative estimate of drug-likeness (QED) is 0.895. The Morgan fingerprint density at radius 1 is 1.45 bits per heavy atom. The van der Waals surface area contributed by atoms with Crippen LogP contribution in [0.15, 0.2) is 18.2 Å². The Bertz CT molecular complexity index is 642. The smallest absolute Gasteiger partial charge is 0.335 e. The van der Waals surface area contributed by atoms with Crippen LogP contribution in [0, 0.1) is 5.92 Å². The molecule has 0 amide bonds. The van der Waals surface area contributed by atoms with Gasteiger partial charge in [-0.25, -0.2) is 9.78 Å². The molecule has 2 aromatic rings. The largest absolute Gasteiger partial charge is 0.478 e. The average molecular weight is 273 g/mol. The third-order valence-corrected chi connectivity index (χ3v) is 4.15. The Morgan fingerprint density at radius 2 is 2.20 bits per heavy atom. The molecule has 1 fully saturated rings. The minimum Gasteiger partial charge on any atom is -0.478 e. The van der Waals surface area contributed by atoms with Crippen molar-refractivity contribution in [1.82, 2.24) is 14.9 Å². The number of benzene rings is 1. The van der Waals surface area contributed by atoms with E-state index in [1.165, 1.54) is 12.8 Å². The Hall–Kier alpha value is -1.88. The molecule has 0 saturated carbocycles. The van der Waals surface area contributed by atoms with Crippen LogP contribution in [0.2, 0.25) is 0 Å². The van der Waals surface area contributed by atoms with E-state index in [2.05, 4.69) is 14.9 Å². The van der Waals surface area contributed by atoms with Gasteiger partial charge in [0, 0.05) is 13.5 Å². The van der Waals surface area contributed by atoms with Gasteiger partial charge in [0.1, 0.15) is 5.82 Å². The Labute approximate surface area is 117 Å². The first-order chi connectivity index (χ1) is 9.65. The van der Waals surface area contributed by atoms with Crippen molar-refractivity contribution >= 4 is 17.0 Å². The van der Waals surface area contributed by atoms with Crippen LogP contribution in [-0.4, -0.2) is 33.7 Å². The first-order valence-corrected chi connectivity index (χ1v) is 7.04. The first kappa shape index (κ1) is 13.1. The monoisotopic (exact) mass is 273 g/mol. The van der Waals surface area contributed by atoms with Crippen molar-refractivity contribution in [3.63, 3.8) is 0 Å². The van der Waals surface area contributed by atoms with Gasteiger partial charge in [-0.05, 0) is 50.0 Å². The molecule has 5 nitrogen and oxygen atoms in total. The second kappa shape index (κ2) is 5.25. The van der Waals surface area contributed by atoms with Crippen LogP contribution in [0.25, 0.3) is 11.0 Å². The summed E-state index contributed by atoms with van der Waals surface area (Å²) >= 11 is 0. The van der Waals surface area contributed by atoms with E-state index in [1.807, 2.05) is 13.1 Å². The second-order valence-electron chi connectivity index (χ2n) is 5.49. The Morgan fingerprint density at radius 3 is 2.90 bits per heavy atom. The SMILES string of the molecule is Cn1c(CC2CCNCC2)nc2cc(C(=O)O)ccc21. The minimum atomic E-state index is -0.905. The molecule has 0 atom stereocenters. The van der Waals surface area contributed by atoms with Gasteiger partial charge in [-0.2, -0.15) is 0 Å². The summed E-state index contributed by atoms with van der Waals surface area (Å²) in [5, 5.41) is 12.4. The van der Waals surface area contributed by atoms with Crippen LogP contribution in [0.1, 0.15) is 29.0 Å². The number of piperidine rings is 1. The van der Waals surface area contributed by atoms with Gasteiger partial charge in [0.05, 0.1) is 16.6 Å². The standard InChI is InChI=1S/C15H19N3O2/c1-18-13-3-2-11(15(19)20)9-12(13)17-14(18)8-10-4-6-16-7-5-10/h2-3,9-10,16H,4-8H2,1H3,(H,19,20). The van der Waals surface area contributed by atoms with Gasteiger partial charge in [0.2, 0.25) is 0 Å². The minimum absolute atomic E-state index is 0.295. The zero-order valence-electron chi connectivity index (χ0n) is 11.6. The number of hydrogen-bond donors (Lipinski definition) is 2. The molecule has 1 aliphatic heterocycles. The molecule has 1 aromatic carbocycles. The Balaban J connectivity index is 1.91. The molecule has 106 valence electrons. The first-order valence-electron chi connectivity index (χ1n) is 7.04. The van der Waals surface area contributed by atoms with E-state index < -0.39 is 5.97 Å². The summed E-state index contributed by atoms with van der Waals surface area (Å²) in [6.07, 6.45) is 3.34. The van der Waals surface area contributed by atoms with Crippen molar-refractivity contribution in [2.45, 2.75) is 19.3 Å². The summed E-state index contributed by atoms with van der Waals surface area (Å²) in [6, 6.07) is 5.14. The number of carboxylic acids is 1. The topological polar surface area (TPSA) is 67.2 Å². The fraction of sp³-hybridized carbons (Fsp3) is 0.467. The van der Waals surface area contributed by atoms with E-state index in [4.69, 9.17) is 5.11 Å². The van der Waals surface area contributed by atoms with Crippen molar-refractivity contribution in [1.29, 1.82) is 0 Å². The number of aryl methyl sites for hydroxylation is 1. The van der Waals surface area contributed by atoms with Gasteiger partial charge in [0.15, 0.2) is 0 Å². The fourth-order valence-electron chi connectivity index (χ4n) is 2.91. The number of hydrogen-bond acceptors (Lipinski definition) is 3. The maximum absolute atomic E-state index is 11.0. The van der Waals surface area contributed by atoms with Gasteiger partial charge >= 0.3 is 5.97 Å². The molecule has 0 radical (unpaired) electrons. The lowest BCUT2D eigenvalue weighted by Crippen LogP contribution is -2.29. The molecule has 0 spiro atoms. The van der Waals surface area contributed by atoms with Gasteiger partial charge in [-0.15, -0.1) is 0 Å². The number of nitrogens with zero attached hydrogens (tertiary/aromatic N) is 2. The number of carbonyl (C=O) groups is 1. The molecule has 20 heavy (non-hydrogen) atoms. The molecule has 1 aliphatic rings. The van der Waals surface area contributed by atoms with Crippen LogP contribution >= 0.6 is 0 Å². The van der Waals surface area contributed by atoms with Gasteiger partial charge in [0.25, 0.3) is 0 Å². The molecule has 0 aliphatic carbocycles. The number of aromatic carboxylic acids is 1. The number of fused-ring (bicyclic) bond motifs is 1. The highest BCUT2D eigenvalue weighted by Crippen LogP contribution is 2.22. The lowest BCUT2D eigenvalue weighted by Gasteiger charge is -2.22. The number of aromatic nitrogens is 2. The van der Waals surface area contributed by atoms with E-state index in [0.717, 1.165) is 36.4 Å².